The Labute approximate surface area is 317 Å². The molecule has 0 unspecified atom stereocenters. The number of ether oxygens (including phenoxy) is 2. The van der Waals surface area contributed by atoms with Gasteiger partial charge in [0, 0.05) is 24.0 Å². The number of nitro groups is 1. The lowest BCUT2D eigenvalue weighted by Crippen LogP contribution is -2.23. The first kappa shape index (κ1) is 44.9. The number of carboxylic acids is 1. The smallest absolute Gasteiger partial charge is 0.416 e. The number of hydrogen-bond donors (Lipinski definition) is 5. The molecule has 5 N–H and O–H groups in total. The van der Waals surface area contributed by atoms with E-state index in [0.717, 1.165) is 40.9 Å². The van der Waals surface area contributed by atoms with E-state index in [2.05, 4.69) is 20.4 Å². The molecule has 0 amide bonds. The van der Waals surface area contributed by atoms with Gasteiger partial charge >= 0.3 is 25.4 Å². The molecule has 0 radical (unpaired) electrons. The zero-order chi connectivity index (χ0) is 42.0. The Morgan fingerprint density at radius 1 is 1.05 bits per heavy atom. The van der Waals surface area contributed by atoms with Gasteiger partial charge in [0.25, 0.3) is 21.0 Å². The van der Waals surface area contributed by atoms with Crippen LogP contribution in [0.15, 0.2) is 72.0 Å². The largest absolute Gasteiger partial charge is 0.487 e. The maximum absolute atomic E-state index is 13.5. The van der Waals surface area contributed by atoms with Crippen molar-refractivity contribution in [2.45, 2.75) is 25.2 Å². The van der Waals surface area contributed by atoms with Gasteiger partial charge in [-0.1, -0.05) is 17.7 Å². The quantitative estimate of drug-likeness (QED) is 0.0432. The monoisotopic (exact) mass is 855 g/mol. The molecule has 3 aromatic carbocycles. The number of rotatable bonds is 12. The molecule has 2 aromatic heterocycles. The van der Waals surface area contributed by atoms with E-state index in [1.807, 2.05) is 0 Å². The summed E-state index contributed by atoms with van der Waals surface area (Å²) < 4.78 is 113. The SMILES string of the molecule is CCOc1cc(Oc2ccc(C(F)(F)F)cc2Cl)ccc1[N+](=O)[O-].Cc1ccn2nc(S(=O)(=O)Nc3c(F)cccc3F)nc2n1.O=C(O)CNCP(=O)(O)O. The first-order valence-electron chi connectivity index (χ1n) is 15.1. The van der Waals surface area contributed by atoms with Crippen molar-refractivity contribution in [1.29, 1.82) is 0 Å². The van der Waals surface area contributed by atoms with Crippen molar-refractivity contribution in [3.8, 4) is 17.2 Å². The number of nitrogens with one attached hydrogen (secondary N) is 2. The molecule has 0 atom stereocenters. The van der Waals surface area contributed by atoms with Crippen molar-refractivity contribution in [3.63, 3.8) is 0 Å². The normalized spacial score (nSPS) is 11.5. The van der Waals surface area contributed by atoms with Gasteiger partial charge in [-0.3, -0.25) is 29.5 Å². The minimum atomic E-state index is -4.52. The van der Waals surface area contributed by atoms with Gasteiger partial charge in [0.1, 0.15) is 28.8 Å². The number of nitrogens with zero attached hydrogens (tertiary/aromatic N) is 5. The second-order valence-electron chi connectivity index (χ2n) is 10.6. The molecule has 0 saturated carbocycles. The van der Waals surface area contributed by atoms with Crippen molar-refractivity contribution < 1.29 is 69.0 Å². The van der Waals surface area contributed by atoms with Gasteiger partial charge in [-0.25, -0.2) is 18.3 Å². The second kappa shape index (κ2) is 18.9. The number of fused-ring (bicyclic) bond motifs is 1. The van der Waals surface area contributed by atoms with Crippen LogP contribution in [0.3, 0.4) is 0 Å². The Bertz CT molecular complexity index is 2350. The first-order valence-corrected chi connectivity index (χ1v) is 18.8. The Morgan fingerprint density at radius 2 is 1.71 bits per heavy atom. The third kappa shape index (κ3) is 13.3. The number of benzene rings is 3. The molecule has 26 heteroatoms. The van der Waals surface area contributed by atoms with E-state index < -0.39 is 75.6 Å². The van der Waals surface area contributed by atoms with Crippen molar-refractivity contribution in [2.75, 3.05) is 24.2 Å². The van der Waals surface area contributed by atoms with Gasteiger partial charge < -0.3 is 24.4 Å². The van der Waals surface area contributed by atoms with E-state index in [-0.39, 0.29) is 40.3 Å². The number of nitro benzene ring substituents is 1. The van der Waals surface area contributed by atoms with Gasteiger partial charge in [0.2, 0.25) is 5.75 Å². The summed E-state index contributed by atoms with van der Waals surface area (Å²) in [6.07, 6.45) is -3.63. The van der Waals surface area contributed by atoms with Gasteiger partial charge in [-0.05, 0) is 56.3 Å². The summed E-state index contributed by atoms with van der Waals surface area (Å²) in [6, 6.07) is 11.0. The molecule has 0 saturated heterocycles. The van der Waals surface area contributed by atoms with E-state index >= 15 is 0 Å². The Kier molecular flexibility index (Phi) is 15.1. The number of sulfonamides is 1. The van der Waals surface area contributed by atoms with Crippen LogP contribution in [0.5, 0.6) is 17.2 Å². The number of aliphatic carboxylic acids is 1. The second-order valence-corrected chi connectivity index (χ2v) is 14.2. The minimum absolute atomic E-state index is 0.0111. The zero-order valence-corrected chi connectivity index (χ0v) is 30.9. The molecule has 18 nitrogen and oxygen atoms in total. The average molecular weight is 856 g/mol. The van der Waals surface area contributed by atoms with Gasteiger partial charge in [-0.15, -0.1) is 5.10 Å². The predicted octanol–water partition coefficient (Wildman–Crippen LogP) is 5.77. The highest BCUT2D eigenvalue weighted by atomic mass is 35.5. The first-order chi connectivity index (χ1) is 26.0. The number of aryl methyl sites for hydroxylation is 1. The Balaban J connectivity index is 0.000000244. The van der Waals surface area contributed by atoms with Crippen molar-refractivity contribution in [2.24, 2.45) is 0 Å². The van der Waals surface area contributed by atoms with Crippen molar-refractivity contribution in [3.05, 3.63) is 105 Å². The number of carbonyl (C=O) groups is 1. The number of halogens is 6. The molecule has 0 bridgehead atoms. The Morgan fingerprint density at radius 3 is 2.27 bits per heavy atom. The highest BCUT2D eigenvalue weighted by Crippen LogP contribution is 2.38. The van der Waals surface area contributed by atoms with Crippen LogP contribution in [-0.4, -0.2) is 73.2 Å². The summed E-state index contributed by atoms with van der Waals surface area (Å²) in [5.74, 6) is -3.04. The zero-order valence-electron chi connectivity index (χ0n) is 28.4. The highest BCUT2D eigenvalue weighted by Gasteiger charge is 2.31. The minimum Gasteiger partial charge on any atom is -0.487 e. The number of aromatic nitrogens is 4. The van der Waals surface area contributed by atoms with Gasteiger partial charge in [-0.2, -0.15) is 26.6 Å². The van der Waals surface area contributed by atoms with Crippen LogP contribution in [-0.2, 0) is 25.6 Å². The van der Waals surface area contributed by atoms with E-state index in [1.165, 1.54) is 24.4 Å². The van der Waals surface area contributed by atoms with Crippen molar-refractivity contribution >= 4 is 52.3 Å². The van der Waals surface area contributed by atoms with Crippen LogP contribution in [0.1, 0.15) is 18.2 Å². The molecule has 0 spiro atoms. The molecule has 2 heterocycles. The fourth-order valence-electron chi connectivity index (χ4n) is 3.91. The summed E-state index contributed by atoms with van der Waals surface area (Å²) in [6.45, 7) is 3.12. The van der Waals surface area contributed by atoms with Crippen LogP contribution in [0.25, 0.3) is 5.78 Å². The number of para-hydroxylation sites is 1. The molecular formula is C30H28ClF5N7O11PS. The third-order valence-electron chi connectivity index (χ3n) is 6.28. The molecule has 5 aromatic rings. The molecule has 0 aliphatic heterocycles. The van der Waals surface area contributed by atoms with E-state index in [0.29, 0.717) is 5.69 Å². The summed E-state index contributed by atoms with van der Waals surface area (Å²) >= 11 is 5.80. The topological polar surface area (TPSA) is 258 Å². The summed E-state index contributed by atoms with van der Waals surface area (Å²) in [5.41, 5.74) is -1.32. The molecule has 0 aliphatic rings. The van der Waals surface area contributed by atoms with E-state index in [1.54, 1.807) is 24.6 Å². The van der Waals surface area contributed by atoms with Gasteiger partial charge in [0.05, 0.1) is 34.9 Å². The number of carboxylic acid groups (broad SMARTS) is 1. The molecule has 0 fully saturated rings. The lowest BCUT2D eigenvalue weighted by Gasteiger charge is -2.12. The van der Waals surface area contributed by atoms with Crippen molar-refractivity contribution in [1.82, 2.24) is 24.9 Å². The maximum Gasteiger partial charge on any atom is 0.416 e. The number of alkyl halides is 3. The van der Waals surface area contributed by atoms with Crippen LogP contribution < -0.4 is 19.5 Å². The van der Waals surface area contributed by atoms with Crippen LogP contribution >= 0.6 is 19.2 Å². The summed E-state index contributed by atoms with van der Waals surface area (Å²) in [5, 5.41) is 23.8. The lowest BCUT2D eigenvalue weighted by molar-refractivity contribution is -0.385. The molecule has 302 valence electrons. The van der Waals surface area contributed by atoms with Crippen LogP contribution in [0.4, 0.5) is 33.3 Å². The van der Waals surface area contributed by atoms with Gasteiger partial charge in [0.15, 0.2) is 0 Å². The predicted molar refractivity (Wildman–Crippen MR) is 186 cm³/mol. The van der Waals surface area contributed by atoms with E-state index in [9.17, 15) is 49.8 Å². The van der Waals surface area contributed by atoms with E-state index in [4.69, 9.17) is 36.0 Å². The standard InChI is InChI=1S/C15H11ClF3NO4.C12H9F2N5O2S.C3H8NO5P/c1-2-23-14-8-10(4-5-12(14)20(21)22)24-13-6-3-9(7-11(13)16)15(17,18)19;1-7-5-6-19-11(15-7)16-12(17-19)22(20,21)18-10-8(13)3-2-4-9(10)14;5-3(6)1-4-2-10(7,8)9/h3-8H,2H2,1H3;2-6,18H,1H3;4H,1-2H2,(H,5,6)(H2,7,8,9). The molecule has 5 rings (SSSR count). The third-order valence-corrected chi connectivity index (χ3v) is 8.33. The van der Waals surface area contributed by atoms with Crippen LogP contribution in [0, 0.1) is 28.7 Å². The Hall–Kier alpha value is -5.52. The maximum atomic E-state index is 13.5. The number of anilines is 1. The lowest BCUT2D eigenvalue weighted by atomic mass is 10.2. The molecule has 0 aliphatic carbocycles. The summed E-state index contributed by atoms with van der Waals surface area (Å²) in [4.78, 5) is 44.2. The number of hydrogen-bond acceptors (Lipinski definition) is 12. The summed E-state index contributed by atoms with van der Waals surface area (Å²) in [7, 11) is -8.44. The fraction of sp³-hybridized carbons (Fsp3) is 0.200. The molecule has 56 heavy (non-hydrogen) atoms. The average Bonchev–Trinajstić information content (AvgIpc) is 3.51. The highest BCUT2D eigenvalue weighted by molar-refractivity contribution is 7.92. The van der Waals surface area contributed by atoms with Crippen LogP contribution in [0.2, 0.25) is 5.02 Å². The fourth-order valence-corrected chi connectivity index (χ4v) is 5.48. The molecular weight excluding hydrogens is 828 g/mol.